The number of carbonyl (C=O) groups is 1. The van der Waals surface area contributed by atoms with E-state index in [1.165, 1.54) is 16.9 Å². The molecule has 0 aliphatic carbocycles. The molecule has 24 heavy (non-hydrogen) atoms. The molecule has 1 aromatic heterocycles. The van der Waals surface area contributed by atoms with E-state index in [-0.39, 0.29) is 5.91 Å². The van der Waals surface area contributed by atoms with Gasteiger partial charge in [-0.05, 0) is 19.1 Å². The van der Waals surface area contributed by atoms with Gasteiger partial charge in [0, 0.05) is 16.5 Å². The van der Waals surface area contributed by atoms with E-state index in [2.05, 4.69) is 22.1 Å². The van der Waals surface area contributed by atoms with Crippen molar-refractivity contribution >= 4 is 17.2 Å². The summed E-state index contributed by atoms with van der Waals surface area (Å²) in [5.41, 5.74) is 3.58. The number of aryl methyl sites for hydroxylation is 1. The molecule has 2 aromatic carbocycles. The lowest BCUT2D eigenvalue weighted by Gasteiger charge is -1.98. The molecule has 0 aliphatic heterocycles. The Morgan fingerprint density at radius 3 is 2.62 bits per heavy atom. The first kappa shape index (κ1) is 16.0. The number of aromatic nitrogens is 1. The van der Waals surface area contributed by atoms with Crippen LogP contribution in [0.3, 0.4) is 0 Å². The van der Waals surface area contributed by atoms with Crippen molar-refractivity contribution in [1.82, 2.24) is 10.3 Å². The van der Waals surface area contributed by atoms with Gasteiger partial charge in [0.1, 0.15) is 10.7 Å². The van der Waals surface area contributed by atoms with Gasteiger partial charge in [-0.1, -0.05) is 59.9 Å². The number of hydrogen-bond donors (Lipinski definition) is 1. The zero-order valence-electron chi connectivity index (χ0n) is 13.2. The normalized spacial score (nSPS) is 9.88. The van der Waals surface area contributed by atoms with Crippen LogP contribution >= 0.6 is 11.3 Å². The molecule has 0 spiro atoms. The highest BCUT2D eigenvalue weighted by molar-refractivity contribution is 7.13. The minimum Gasteiger partial charge on any atom is -0.340 e. The maximum Gasteiger partial charge on any atom is 0.271 e. The number of thiazole rings is 1. The molecule has 1 N–H and O–H groups in total. The van der Waals surface area contributed by atoms with Gasteiger partial charge in [-0.25, -0.2) is 4.98 Å². The Hall–Kier alpha value is -2.90. The molecule has 3 aromatic rings. The molecule has 1 heterocycles. The monoisotopic (exact) mass is 332 g/mol. The third kappa shape index (κ3) is 4.09. The smallest absolute Gasteiger partial charge is 0.271 e. The van der Waals surface area contributed by atoms with E-state index in [0.717, 1.165) is 16.1 Å². The minimum absolute atomic E-state index is 0.202. The predicted molar refractivity (Wildman–Crippen MR) is 97.9 cm³/mol. The summed E-state index contributed by atoms with van der Waals surface area (Å²) in [6.45, 7) is 2.34. The van der Waals surface area contributed by atoms with Crippen LogP contribution in [-0.4, -0.2) is 17.4 Å². The fourth-order valence-corrected chi connectivity index (χ4v) is 2.90. The maximum absolute atomic E-state index is 12.1. The van der Waals surface area contributed by atoms with Crippen molar-refractivity contribution in [2.24, 2.45) is 0 Å². The SMILES string of the molecule is Cc1ccc(-c2nc(C(=O)NCC#Cc3ccccc3)cs2)cc1. The summed E-state index contributed by atoms with van der Waals surface area (Å²) in [6, 6.07) is 17.8. The summed E-state index contributed by atoms with van der Waals surface area (Å²) in [4.78, 5) is 16.5. The quantitative estimate of drug-likeness (QED) is 0.739. The molecule has 0 unspecified atom stereocenters. The molecule has 0 bridgehead atoms. The fourth-order valence-electron chi connectivity index (χ4n) is 2.09. The molecule has 3 rings (SSSR count). The van der Waals surface area contributed by atoms with E-state index in [1.807, 2.05) is 61.5 Å². The van der Waals surface area contributed by atoms with Gasteiger partial charge in [0.15, 0.2) is 0 Å². The highest BCUT2D eigenvalue weighted by Gasteiger charge is 2.10. The van der Waals surface area contributed by atoms with Crippen molar-refractivity contribution in [3.63, 3.8) is 0 Å². The lowest BCUT2D eigenvalue weighted by molar-refractivity contribution is 0.0954. The number of nitrogens with zero attached hydrogens (tertiary/aromatic N) is 1. The second kappa shape index (κ2) is 7.58. The standard InChI is InChI=1S/C20H16N2OS/c1-15-9-11-17(12-10-15)20-22-18(14-24-20)19(23)21-13-5-8-16-6-3-2-4-7-16/h2-4,6-7,9-12,14H,13H2,1H3,(H,21,23). The van der Waals surface area contributed by atoms with Crippen molar-refractivity contribution in [3.05, 3.63) is 76.8 Å². The summed E-state index contributed by atoms with van der Waals surface area (Å²) in [5.74, 6) is 5.74. The number of nitrogens with one attached hydrogen (secondary N) is 1. The third-order valence-electron chi connectivity index (χ3n) is 3.38. The molecule has 0 aliphatic rings. The third-order valence-corrected chi connectivity index (χ3v) is 4.27. The second-order valence-electron chi connectivity index (χ2n) is 5.25. The van der Waals surface area contributed by atoms with Crippen molar-refractivity contribution in [2.45, 2.75) is 6.92 Å². The molecule has 1 amide bonds. The highest BCUT2D eigenvalue weighted by Crippen LogP contribution is 2.23. The zero-order chi connectivity index (χ0) is 16.8. The van der Waals surface area contributed by atoms with Crippen LogP contribution < -0.4 is 5.32 Å². The molecule has 0 radical (unpaired) electrons. The molecule has 118 valence electrons. The summed E-state index contributed by atoms with van der Waals surface area (Å²) in [5, 5.41) is 5.39. The number of rotatable bonds is 3. The van der Waals surface area contributed by atoms with E-state index in [4.69, 9.17) is 0 Å². The van der Waals surface area contributed by atoms with Gasteiger partial charge in [-0.3, -0.25) is 4.79 Å². The summed E-state index contributed by atoms with van der Waals surface area (Å²) in [6.07, 6.45) is 0. The van der Waals surface area contributed by atoms with E-state index >= 15 is 0 Å². The number of amides is 1. The van der Waals surface area contributed by atoms with Gasteiger partial charge < -0.3 is 5.32 Å². The zero-order valence-corrected chi connectivity index (χ0v) is 14.1. The Labute approximate surface area is 145 Å². The van der Waals surface area contributed by atoms with Gasteiger partial charge in [-0.15, -0.1) is 11.3 Å². The lowest BCUT2D eigenvalue weighted by atomic mass is 10.2. The average molecular weight is 332 g/mol. The molecular formula is C20H16N2OS. The number of carbonyl (C=O) groups excluding carboxylic acids is 1. The van der Waals surface area contributed by atoms with Gasteiger partial charge in [-0.2, -0.15) is 0 Å². The molecule has 0 fully saturated rings. The van der Waals surface area contributed by atoms with Crippen molar-refractivity contribution in [1.29, 1.82) is 0 Å². The van der Waals surface area contributed by atoms with Crippen LogP contribution in [0.1, 0.15) is 21.6 Å². The van der Waals surface area contributed by atoms with Crippen LogP contribution in [0.5, 0.6) is 0 Å². The first-order valence-corrected chi connectivity index (χ1v) is 8.45. The van der Waals surface area contributed by atoms with Crippen LogP contribution in [0.15, 0.2) is 60.0 Å². The predicted octanol–water partition coefficient (Wildman–Crippen LogP) is 3.90. The first-order valence-electron chi connectivity index (χ1n) is 7.57. The average Bonchev–Trinajstić information content (AvgIpc) is 3.10. The van der Waals surface area contributed by atoms with Gasteiger partial charge in [0.25, 0.3) is 5.91 Å². The second-order valence-corrected chi connectivity index (χ2v) is 6.11. The number of benzene rings is 2. The Kier molecular flexibility index (Phi) is 5.05. The lowest BCUT2D eigenvalue weighted by Crippen LogP contribution is -2.23. The molecule has 3 nitrogen and oxygen atoms in total. The maximum atomic E-state index is 12.1. The molecule has 0 atom stereocenters. The van der Waals surface area contributed by atoms with Crippen molar-refractivity contribution in [2.75, 3.05) is 6.54 Å². The Morgan fingerprint density at radius 1 is 1.12 bits per heavy atom. The van der Waals surface area contributed by atoms with E-state index in [9.17, 15) is 4.79 Å². The summed E-state index contributed by atoms with van der Waals surface area (Å²) in [7, 11) is 0. The molecular weight excluding hydrogens is 316 g/mol. The van der Waals surface area contributed by atoms with Crippen LogP contribution in [0.4, 0.5) is 0 Å². The van der Waals surface area contributed by atoms with E-state index < -0.39 is 0 Å². The molecule has 0 saturated heterocycles. The number of hydrogen-bond acceptors (Lipinski definition) is 3. The highest BCUT2D eigenvalue weighted by atomic mass is 32.1. The summed E-state index contributed by atoms with van der Waals surface area (Å²) < 4.78 is 0. The van der Waals surface area contributed by atoms with E-state index in [1.54, 1.807) is 5.38 Å². The minimum atomic E-state index is -0.202. The van der Waals surface area contributed by atoms with E-state index in [0.29, 0.717) is 12.2 Å². The van der Waals surface area contributed by atoms with Crippen molar-refractivity contribution < 1.29 is 4.79 Å². The van der Waals surface area contributed by atoms with Crippen LogP contribution in [0.25, 0.3) is 10.6 Å². The molecule has 4 heteroatoms. The van der Waals surface area contributed by atoms with Crippen LogP contribution in [0, 0.1) is 18.8 Å². The van der Waals surface area contributed by atoms with Gasteiger partial charge >= 0.3 is 0 Å². The Bertz CT molecular complexity index is 887. The van der Waals surface area contributed by atoms with Crippen LogP contribution in [0.2, 0.25) is 0 Å². The topological polar surface area (TPSA) is 42.0 Å². The van der Waals surface area contributed by atoms with Gasteiger partial charge in [0.2, 0.25) is 0 Å². The fraction of sp³-hybridized carbons (Fsp3) is 0.100. The van der Waals surface area contributed by atoms with Crippen molar-refractivity contribution in [3.8, 4) is 22.4 Å². The van der Waals surface area contributed by atoms with Crippen LogP contribution in [-0.2, 0) is 0 Å². The first-order chi connectivity index (χ1) is 11.7. The summed E-state index contributed by atoms with van der Waals surface area (Å²) >= 11 is 1.46. The Balaban J connectivity index is 1.60. The largest absolute Gasteiger partial charge is 0.340 e. The van der Waals surface area contributed by atoms with Gasteiger partial charge in [0.05, 0.1) is 6.54 Å². The molecule has 0 saturated carbocycles. The Morgan fingerprint density at radius 2 is 1.88 bits per heavy atom.